The zero-order valence-corrected chi connectivity index (χ0v) is 26.5. The highest BCUT2D eigenvalue weighted by Crippen LogP contribution is 2.41. The zero-order valence-electron chi connectivity index (χ0n) is 25.7. The smallest absolute Gasteiger partial charge is 0.164 e. The molecule has 224 valence electrons. The Morgan fingerprint density at radius 2 is 0.896 bits per heavy atom. The van der Waals surface area contributed by atoms with E-state index < -0.39 is 0 Å². The van der Waals surface area contributed by atoms with Crippen molar-refractivity contribution in [1.29, 1.82) is 0 Å². The summed E-state index contributed by atoms with van der Waals surface area (Å²) in [5.41, 5.74) is 6.33. The molecule has 0 N–H and O–H groups in total. The van der Waals surface area contributed by atoms with E-state index in [9.17, 15) is 0 Å². The quantitative estimate of drug-likeness (QED) is 0.194. The summed E-state index contributed by atoms with van der Waals surface area (Å²) < 4.78 is 5.03. The van der Waals surface area contributed by atoms with E-state index in [2.05, 4.69) is 102 Å². The molecule has 5 heteroatoms. The van der Waals surface area contributed by atoms with Crippen molar-refractivity contribution in [3.63, 3.8) is 0 Å². The Hall–Kier alpha value is -6.17. The molecule has 0 saturated heterocycles. The first kappa shape index (κ1) is 27.0. The van der Waals surface area contributed by atoms with E-state index in [0.717, 1.165) is 22.4 Å². The van der Waals surface area contributed by atoms with Gasteiger partial charge in [0.05, 0.1) is 11.0 Å². The molecule has 0 amide bonds. The fourth-order valence-electron chi connectivity index (χ4n) is 6.89. The predicted molar refractivity (Wildman–Crippen MR) is 201 cm³/mol. The molecule has 0 bridgehead atoms. The van der Waals surface area contributed by atoms with Gasteiger partial charge in [0.1, 0.15) is 0 Å². The van der Waals surface area contributed by atoms with Crippen LogP contribution in [0, 0.1) is 0 Å². The molecule has 48 heavy (non-hydrogen) atoms. The van der Waals surface area contributed by atoms with Crippen LogP contribution in [-0.4, -0.2) is 19.5 Å². The molecule has 7 aromatic carbocycles. The topological polar surface area (TPSA) is 43.6 Å². The Kier molecular flexibility index (Phi) is 6.01. The van der Waals surface area contributed by atoms with Crippen LogP contribution >= 0.6 is 11.3 Å². The van der Waals surface area contributed by atoms with Crippen molar-refractivity contribution >= 4 is 64.1 Å². The Morgan fingerprint density at radius 3 is 1.56 bits per heavy atom. The van der Waals surface area contributed by atoms with Gasteiger partial charge in [-0.3, -0.25) is 0 Å². The number of aromatic nitrogens is 4. The van der Waals surface area contributed by atoms with E-state index in [1.165, 1.54) is 52.8 Å². The van der Waals surface area contributed by atoms with E-state index in [0.29, 0.717) is 17.5 Å². The summed E-state index contributed by atoms with van der Waals surface area (Å²) in [7, 11) is 0. The van der Waals surface area contributed by atoms with Gasteiger partial charge >= 0.3 is 0 Å². The molecule has 0 aliphatic heterocycles. The van der Waals surface area contributed by atoms with Crippen molar-refractivity contribution in [2.45, 2.75) is 0 Å². The summed E-state index contributed by atoms with van der Waals surface area (Å²) in [6.07, 6.45) is 0. The first-order valence-corrected chi connectivity index (χ1v) is 16.8. The van der Waals surface area contributed by atoms with Gasteiger partial charge in [0.15, 0.2) is 17.5 Å². The summed E-state index contributed by atoms with van der Waals surface area (Å²) in [5, 5.41) is 7.58. The summed E-state index contributed by atoms with van der Waals surface area (Å²) in [4.78, 5) is 14.8. The Balaban J connectivity index is 1.18. The summed E-state index contributed by atoms with van der Waals surface area (Å²) in [5.74, 6) is 1.96. The van der Waals surface area contributed by atoms with Gasteiger partial charge in [0.2, 0.25) is 0 Å². The third-order valence-corrected chi connectivity index (χ3v) is 10.3. The van der Waals surface area contributed by atoms with Gasteiger partial charge in [-0.15, -0.1) is 11.3 Å². The largest absolute Gasteiger partial charge is 0.309 e. The van der Waals surface area contributed by atoms with E-state index in [1.54, 1.807) is 0 Å². The Labute approximate surface area is 280 Å². The van der Waals surface area contributed by atoms with Crippen LogP contribution in [0.2, 0.25) is 0 Å². The fraction of sp³-hybridized carbons (Fsp3) is 0. The standard InChI is InChI=1S/C43H26N4S/c1-3-11-27(12-4-1)41-44-42(28-13-5-2-6-14-28)46-43(45-41)29-19-21-32(22-20-29)47-37-24-31-16-8-7-15-30(31)23-34(37)35-26-40-36(25-38(35)47)33-17-9-10-18-39(33)48-40/h1-26H. The molecule has 10 aromatic rings. The van der Waals surface area contributed by atoms with Gasteiger partial charge < -0.3 is 4.57 Å². The molecule has 0 saturated carbocycles. The predicted octanol–water partition coefficient (Wildman–Crippen LogP) is 11.5. The Bertz CT molecular complexity index is 2760. The van der Waals surface area contributed by atoms with Gasteiger partial charge in [-0.1, -0.05) is 103 Å². The van der Waals surface area contributed by atoms with E-state index in [-0.39, 0.29) is 0 Å². The maximum Gasteiger partial charge on any atom is 0.164 e. The second-order valence-electron chi connectivity index (χ2n) is 12.1. The first-order valence-electron chi connectivity index (χ1n) is 16.0. The summed E-state index contributed by atoms with van der Waals surface area (Å²) in [6, 6.07) is 55.6. The lowest BCUT2D eigenvalue weighted by Crippen LogP contribution is -2.00. The average Bonchev–Trinajstić information content (AvgIpc) is 3.67. The van der Waals surface area contributed by atoms with Gasteiger partial charge in [-0.25, -0.2) is 15.0 Å². The Morgan fingerprint density at radius 1 is 0.375 bits per heavy atom. The molecular weight excluding hydrogens is 605 g/mol. The number of hydrogen-bond acceptors (Lipinski definition) is 4. The molecule has 0 atom stereocenters. The normalized spacial score (nSPS) is 11.8. The summed E-state index contributed by atoms with van der Waals surface area (Å²) >= 11 is 1.86. The van der Waals surface area contributed by atoms with Gasteiger partial charge in [0.25, 0.3) is 0 Å². The van der Waals surface area contributed by atoms with Crippen LogP contribution in [0.3, 0.4) is 0 Å². The third-order valence-electron chi connectivity index (χ3n) is 9.21. The molecule has 10 rings (SSSR count). The molecule has 3 heterocycles. The number of fused-ring (bicyclic) bond motifs is 7. The van der Waals surface area contributed by atoms with Crippen LogP contribution in [0.25, 0.3) is 92.6 Å². The van der Waals surface area contributed by atoms with Crippen molar-refractivity contribution in [3.05, 3.63) is 158 Å². The highest BCUT2D eigenvalue weighted by atomic mass is 32.1. The first-order chi connectivity index (χ1) is 23.8. The van der Waals surface area contributed by atoms with Crippen molar-refractivity contribution in [2.24, 2.45) is 0 Å². The molecule has 0 aliphatic rings. The molecule has 3 aromatic heterocycles. The number of hydrogen-bond donors (Lipinski definition) is 0. The van der Waals surface area contributed by atoms with Crippen molar-refractivity contribution in [2.75, 3.05) is 0 Å². The monoisotopic (exact) mass is 630 g/mol. The lowest BCUT2D eigenvalue weighted by atomic mass is 10.1. The number of benzene rings is 7. The van der Waals surface area contributed by atoms with Crippen LogP contribution in [0.1, 0.15) is 0 Å². The fourth-order valence-corrected chi connectivity index (χ4v) is 8.02. The van der Waals surface area contributed by atoms with Crippen molar-refractivity contribution in [1.82, 2.24) is 19.5 Å². The summed E-state index contributed by atoms with van der Waals surface area (Å²) in [6.45, 7) is 0. The van der Waals surface area contributed by atoms with Crippen LogP contribution in [-0.2, 0) is 0 Å². The molecule has 0 aliphatic carbocycles. The van der Waals surface area contributed by atoms with E-state index in [4.69, 9.17) is 15.0 Å². The van der Waals surface area contributed by atoms with Gasteiger partial charge in [0, 0.05) is 53.3 Å². The van der Waals surface area contributed by atoms with Gasteiger partial charge in [-0.2, -0.15) is 0 Å². The second-order valence-corrected chi connectivity index (χ2v) is 13.2. The second kappa shape index (κ2) is 10.7. The number of thiophene rings is 1. The van der Waals surface area contributed by atoms with E-state index >= 15 is 0 Å². The SMILES string of the molecule is c1ccc(-c2nc(-c3ccccc3)nc(-c3ccc(-n4c5cc6ccccc6cc5c5cc6sc7ccccc7c6cc54)cc3)n2)cc1. The number of rotatable bonds is 4. The molecule has 0 radical (unpaired) electrons. The third kappa shape index (κ3) is 4.33. The minimum absolute atomic E-state index is 0.647. The molecule has 4 nitrogen and oxygen atoms in total. The lowest BCUT2D eigenvalue weighted by molar-refractivity contribution is 1.07. The zero-order chi connectivity index (χ0) is 31.6. The minimum Gasteiger partial charge on any atom is -0.309 e. The van der Waals surface area contributed by atoms with Crippen molar-refractivity contribution < 1.29 is 0 Å². The average molecular weight is 631 g/mol. The van der Waals surface area contributed by atoms with E-state index in [1.807, 2.05) is 72.0 Å². The highest BCUT2D eigenvalue weighted by molar-refractivity contribution is 7.25. The van der Waals surface area contributed by atoms with Crippen LogP contribution in [0.4, 0.5) is 0 Å². The highest BCUT2D eigenvalue weighted by Gasteiger charge is 2.18. The van der Waals surface area contributed by atoms with Crippen molar-refractivity contribution in [3.8, 4) is 39.9 Å². The molecular formula is C43H26N4S. The maximum atomic E-state index is 4.96. The van der Waals surface area contributed by atoms with Crippen LogP contribution < -0.4 is 0 Å². The molecule has 0 unspecified atom stereocenters. The number of nitrogens with zero attached hydrogens (tertiary/aromatic N) is 4. The maximum absolute atomic E-state index is 4.96. The molecule has 0 spiro atoms. The minimum atomic E-state index is 0.647. The van der Waals surface area contributed by atoms with Crippen LogP contribution in [0.15, 0.2) is 158 Å². The lowest BCUT2D eigenvalue weighted by Gasteiger charge is -2.11. The molecule has 0 fully saturated rings. The van der Waals surface area contributed by atoms with Gasteiger partial charge in [-0.05, 0) is 65.4 Å². The van der Waals surface area contributed by atoms with Crippen LogP contribution in [0.5, 0.6) is 0 Å².